The zero-order valence-corrected chi connectivity index (χ0v) is 12.2. The first-order valence-corrected chi connectivity index (χ1v) is 6.79. The molecule has 0 atom stereocenters. The van der Waals surface area contributed by atoms with Gasteiger partial charge < -0.3 is 14.4 Å². The first kappa shape index (κ1) is 14.7. The number of methoxy groups -OCH3 is 1. The number of anilines is 2. The second-order valence-electron chi connectivity index (χ2n) is 4.97. The van der Waals surface area contributed by atoms with Gasteiger partial charge in [0.2, 0.25) is 11.9 Å². The highest BCUT2D eigenvalue weighted by Crippen LogP contribution is 2.20. The first-order chi connectivity index (χ1) is 9.62. The highest BCUT2D eigenvalue weighted by molar-refractivity contribution is 5.38. The summed E-state index contributed by atoms with van der Waals surface area (Å²) in [6.07, 6.45) is 2.21. The number of nitrogens with zero attached hydrogens (tertiary/aromatic N) is 4. The van der Waals surface area contributed by atoms with Gasteiger partial charge in [0.15, 0.2) is 0 Å². The second-order valence-corrected chi connectivity index (χ2v) is 4.97. The Morgan fingerprint density at radius 1 is 1.25 bits per heavy atom. The summed E-state index contributed by atoms with van der Waals surface area (Å²) >= 11 is 0. The molecule has 0 spiro atoms. The van der Waals surface area contributed by atoms with E-state index in [1.807, 2.05) is 13.8 Å². The largest absolute Gasteiger partial charge is 0.461 e. The summed E-state index contributed by atoms with van der Waals surface area (Å²) in [7, 11) is 1.74. The van der Waals surface area contributed by atoms with Crippen LogP contribution in [0.5, 0.6) is 6.01 Å². The molecule has 20 heavy (non-hydrogen) atoms. The monoisotopic (exact) mass is 282 g/mol. The topological polar surface area (TPSA) is 98.4 Å². The minimum Gasteiger partial charge on any atom is -0.461 e. The predicted octanol–water partition coefficient (Wildman–Crippen LogP) is 0.560. The summed E-state index contributed by atoms with van der Waals surface area (Å²) in [6.45, 7) is 5.52. The zero-order valence-electron chi connectivity index (χ0n) is 12.2. The second kappa shape index (κ2) is 6.67. The van der Waals surface area contributed by atoms with Crippen LogP contribution in [-0.2, 0) is 4.74 Å². The first-order valence-electron chi connectivity index (χ1n) is 6.79. The summed E-state index contributed by atoms with van der Waals surface area (Å²) in [6, 6.07) is 0.284. The van der Waals surface area contributed by atoms with Gasteiger partial charge in [0, 0.05) is 20.2 Å². The molecule has 8 heteroatoms. The van der Waals surface area contributed by atoms with Crippen LogP contribution in [0.25, 0.3) is 0 Å². The predicted molar refractivity (Wildman–Crippen MR) is 75.6 cm³/mol. The fraction of sp³-hybridized carbons (Fsp3) is 0.750. The molecule has 0 saturated carbocycles. The van der Waals surface area contributed by atoms with Crippen LogP contribution >= 0.6 is 0 Å². The third kappa shape index (κ3) is 3.67. The molecule has 112 valence electrons. The Morgan fingerprint density at radius 2 is 1.95 bits per heavy atom. The van der Waals surface area contributed by atoms with Gasteiger partial charge in [0.25, 0.3) is 0 Å². The maximum atomic E-state index is 5.52. The summed E-state index contributed by atoms with van der Waals surface area (Å²) < 4.78 is 10.9. The van der Waals surface area contributed by atoms with Crippen molar-refractivity contribution in [1.29, 1.82) is 0 Å². The van der Waals surface area contributed by atoms with Crippen molar-refractivity contribution < 1.29 is 9.47 Å². The zero-order chi connectivity index (χ0) is 14.5. The minimum atomic E-state index is -0.00454. The molecule has 0 amide bonds. The lowest BCUT2D eigenvalue weighted by Crippen LogP contribution is -2.38. The highest BCUT2D eigenvalue weighted by atomic mass is 16.5. The van der Waals surface area contributed by atoms with Gasteiger partial charge in [-0.05, 0) is 26.7 Å². The van der Waals surface area contributed by atoms with E-state index in [4.69, 9.17) is 15.3 Å². The van der Waals surface area contributed by atoms with E-state index >= 15 is 0 Å². The quantitative estimate of drug-likeness (QED) is 0.597. The van der Waals surface area contributed by atoms with Crippen LogP contribution in [0.15, 0.2) is 0 Å². The normalized spacial score (nSPS) is 16.6. The Labute approximate surface area is 118 Å². The number of rotatable bonds is 5. The Bertz CT molecular complexity index is 434. The summed E-state index contributed by atoms with van der Waals surface area (Å²) in [5, 5.41) is 0. The van der Waals surface area contributed by atoms with Gasteiger partial charge >= 0.3 is 6.01 Å². The molecular formula is C12H22N6O2. The van der Waals surface area contributed by atoms with E-state index in [1.54, 1.807) is 7.11 Å². The molecule has 0 aromatic carbocycles. The van der Waals surface area contributed by atoms with Crippen molar-refractivity contribution >= 4 is 11.9 Å². The lowest BCUT2D eigenvalue weighted by molar-refractivity contribution is 0.0816. The van der Waals surface area contributed by atoms with E-state index in [2.05, 4.69) is 25.3 Å². The SMILES string of the molecule is COC1CCN(c2nc(NN)nc(OC(C)C)n2)CC1. The van der Waals surface area contributed by atoms with Crippen LogP contribution < -0.4 is 20.9 Å². The van der Waals surface area contributed by atoms with Crippen LogP contribution in [0.1, 0.15) is 26.7 Å². The summed E-state index contributed by atoms with van der Waals surface area (Å²) in [5.74, 6) is 6.28. The molecule has 0 bridgehead atoms. The average Bonchev–Trinajstić information content (AvgIpc) is 2.46. The molecule has 3 N–H and O–H groups in total. The third-order valence-corrected chi connectivity index (χ3v) is 3.13. The van der Waals surface area contributed by atoms with Gasteiger partial charge in [-0.1, -0.05) is 0 Å². The number of nitrogen functional groups attached to an aromatic ring is 1. The Balaban J connectivity index is 2.14. The molecule has 1 aromatic heterocycles. The number of hydrogen-bond donors (Lipinski definition) is 2. The average molecular weight is 282 g/mol. The number of ether oxygens (including phenoxy) is 2. The molecule has 1 aromatic rings. The van der Waals surface area contributed by atoms with Crippen molar-refractivity contribution in [3.05, 3.63) is 0 Å². The number of piperidine rings is 1. The molecule has 1 aliphatic heterocycles. The van der Waals surface area contributed by atoms with Crippen molar-refractivity contribution in [3.63, 3.8) is 0 Å². The summed E-state index contributed by atoms with van der Waals surface area (Å²) in [5.41, 5.74) is 2.45. The number of hydrazine groups is 1. The van der Waals surface area contributed by atoms with Gasteiger partial charge in [0.05, 0.1) is 12.2 Å². The number of hydrogen-bond acceptors (Lipinski definition) is 8. The van der Waals surface area contributed by atoms with E-state index in [9.17, 15) is 0 Å². The smallest absolute Gasteiger partial charge is 0.323 e. The van der Waals surface area contributed by atoms with Gasteiger partial charge in [-0.3, -0.25) is 5.43 Å². The molecule has 8 nitrogen and oxygen atoms in total. The lowest BCUT2D eigenvalue weighted by Gasteiger charge is -2.31. The lowest BCUT2D eigenvalue weighted by atomic mass is 10.1. The number of nitrogens with one attached hydrogen (secondary N) is 1. The Morgan fingerprint density at radius 3 is 2.50 bits per heavy atom. The van der Waals surface area contributed by atoms with E-state index in [-0.39, 0.29) is 12.1 Å². The Hall–Kier alpha value is -1.67. The molecule has 1 aliphatic rings. The van der Waals surface area contributed by atoms with Crippen molar-refractivity contribution in [3.8, 4) is 6.01 Å². The van der Waals surface area contributed by atoms with Crippen molar-refractivity contribution in [1.82, 2.24) is 15.0 Å². The molecule has 2 heterocycles. The highest BCUT2D eigenvalue weighted by Gasteiger charge is 2.22. The van der Waals surface area contributed by atoms with Crippen LogP contribution in [0.2, 0.25) is 0 Å². The third-order valence-electron chi connectivity index (χ3n) is 3.13. The number of nitrogens with two attached hydrogens (primary N) is 1. The van der Waals surface area contributed by atoms with Crippen LogP contribution in [0.4, 0.5) is 11.9 Å². The maximum Gasteiger partial charge on any atom is 0.323 e. The van der Waals surface area contributed by atoms with Crippen LogP contribution in [-0.4, -0.2) is 47.4 Å². The van der Waals surface area contributed by atoms with Crippen molar-refractivity contribution in [2.24, 2.45) is 5.84 Å². The standard InChI is InChI=1S/C12H22N6O2/c1-8(2)20-12-15-10(17-13)14-11(16-12)18-6-4-9(19-3)5-7-18/h8-9H,4-7,13H2,1-3H3,(H,14,15,16,17). The van der Waals surface area contributed by atoms with Crippen LogP contribution in [0, 0.1) is 0 Å². The fourth-order valence-electron chi connectivity index (χ4n) is 2.11. The van der Waals surface area contributed by atoms with Crippen molar-refractivity contribution in [2.45, 2.75) is 38.9 Å². The molecular weight excluding hydrogens is 260 g/mol. The molecule has 0 radical (unpaired) electrons. The Kier molecular flexibility index (Phi) is 4.91. The van der Waals surface area contributed by atoms with Gasteiger partial charge in [-0.15, -0.1) is 0 Å². The molecule has 1 fully saturated rings. The van der Waals surface area contributed by atoms with Gasteiger partial charge in [-0.2, -0.15) is 15.0 Å². The van der Waals surface area contributed by atoms with E-state index < -0.39 is 0 Å². The van der Waals surface area contributed by atoms with Gasteiger partial charge in [-0.25, -0.2) is 5.84 Å². The van der Waals surface area contributed by atoms with Gasteiger partial charge in [0.1, 0.15) is 0 Å². The van der Waals surface area contributed by atoms with E-state index in [1.165, 1.54) is 0 Å². The maximum absolute atomic E-state index is 5.52. The van der Waals surface area contributed by atoms with Crippen LogP contribution in [0.3, 0.4) is 0 Å². The molecule has 2 rings (SSSR count). The number of aromatic nitrogens is 3. The minimum absolute atomic E-state index is 0.00454. The van der Waals surface area contributed by atoms with E-state index in [0.29, 0.717) is 18.0 Å². The molecule has 0 unspecified atom stereocenters. The van der Waals surface area contributed by atoms with E-state index in [0.717, 1.165) is 25.9 Å². The molecule has 1 saturated heterocycles. The van der Waals surface area contributed by atoms with Crippen molar-refractivity contribution in [2.75, 3.05) is 30.5 Å². The summed E-state index contributed by atoms with van der Waals surface area (Å²) in [4.78, 5) is 14.8. The fourth-order valence-corrected chi connectivity index (χ4v) is 2.11. The molecule has 0 aliphatic carbocycles.